The molecule has 0 saturated carbocycles. The van der Waals surface area contributed by atoms with Crippen LogP contribution in [0, 0.1) is 12.8 Å². The maximum Gasteiger partial charge on any atom is 0.251 e. The number of piperidine rings is 1. The number of hydrogen-bond donors (Lipinski definition) is 0. The average molecular weight is 336 g/mol. The predicted octanol–water partition coefficient (Wildman–Crippen LogP) is 1.13. The number of fused-ring (bicyclic) bond motifs is 1. The quantitative estimate of drug-likeness (QED) is 0.822. The number of carbonyl (C=O) groups excluding carboxylic acids is 1. The van der Waals surface area contributed by atoms with Crippen LogP contribution in [0.2, 0.25) is 0 Å². The summed E-state index contributed by atoms with van der Waals surface area (Å²) in [6.45, 7) is 3.20. The van der Waals surface area contributed by atoms with Gasteiger partial charge in [-0.3, -0.25) is 9.20 Å². The maximum absolute atomic E-state index is 13.2. The summed E-state index contributed by atoms with van der Waals surface area (Å²) >= 11 is 0. The van der Waals surface area contributed by atoms with Gasteiger partial charge in [-0.05, 0) is 6.92 Å². The largest absolute Gasteiger partial charge is 0.352 e. The second kappa shape index (κ2) is 5.35. The Bertz CT molecular complexity index is 775. The number of alkyl halides is 2. The Labute approximate surface area is 137 Å². The highest BCUT2D eigenvalue weighted by Crippen LogP contribution is 2.31. The van der Waals surface area contributed by atoms with Crippen molar-refractivity contribution < 1.29 is 13.6 Å². The summed E-state index contributed by atoms with van der Waals surface area (Å²) < 4.78 is 28.3. The molecule has 0 bridgehead atoms. The van der Waals surface area contributed by atoms with Crippen LogP contribution in [0.3, 0.4) is 0 Å². The molecule has 0 aromatic carbocycles. The van der Waals surface area contributed by atoms with Crippen molar-refractivity contribution >= 4 is 17.4 Å². The molecule has 24 heavy (non-hydrogen) atoms. The van der Waals surface area contributed by atoms with Crippen molar-refractivity contribution in [3.05, 3.63) is 18.2 Å². The summed E-state index contributed by atoms with van der Waals surface area (Å²) in [4.78, 5) is 20.3. The second-order valence-corrected chi connectivity index (χ2v) is 6.47. The van der Waals surface area contributed by atoms with Crippen molar-refractivity contribution in [3.8, 4) is 0 Å². The van der Waals surface area contributed by atoms with Gasteiger partial charge in [-0.25, -0.2) is 13.8 Å². The highest BCUT2D eigenvalue weighted by atomic mass is 19.3. The van der Waals surface area contributed by atoms with E-state index in [4.69, 9.17) is 0 Å². The molecule has 0 N–H and O–H groups in total. The van der Waals surface area contributed by atoms with E-state index < -0.39 is 5.92 Å². The van der Waals surface area contributed by atoms with E-state index in [9.17, 15) is 13.6 Å². The molecule has 4 rings (SSSR count). The molecule has 0 unspecified atom stereocenters. The highest BCUT2D eigenvalue weighted by molar-refractivity contribution is 5.83. The molecule has 9 heteroatoms. The topological polar surface area (TPSA) is 66.6 Å². The van der Waals surface area contributed by atoms with E-state index in [2.05, 4.69) is 15.2 Å². The molecule has 2 aromatic rings. The van der Waals surface area contributed by atoms with Gasteiger partial charge in [0.1, 0.15) is 5.82 Å². The van der Waals surface area contributed by atoms with Crippen molar-refractivity contribution in [2.24, 2.45) is 5.92 Å². The lowest BCUT2D eigenvalue weighted by Gasteiger charge is -2.42. The zero-order chi connectivity index (χ0) is 16.9. The molecule has 0 aliphatic carbocycles. The summed E-state index contributed by atoms with van der Waals surface area (Å²) in [6, 6.07) is 0. The molecule has 2 aliphatic rings. The minimum Gasteiger partial charge on any atom is -0.352 e. The number of halogens is 2. The molecule has 7 nitrogen and oxygen atoms in total. The van der Waals surface area contributed by atoms with Gasteiger partial charge in [0.15, 0.2) is 5.82 Å². The summed E-state index contributed by atoms with van der Waals surface area (Å²) in [5.41, 5.74) is 0.665. The first kappa shape index (κ1) is 15.2. The molecule has 0 radical (unpaired) electrons. The number of aryl methyl sites for hydroxylation is 1. The normalized spacial score (nSPS) is 21.1. The minimum atomic E-state index is -2.63. The fourth-order valence-corrected chi connectivity index (χ4v) is 3.27. The third-order valence-corrected chi connectivity index (χ3v) is 4.82. The monoisotopic (exact) mass is 336 g/mol. The van der Waals surface area contributed by atoms with E-state index >= 15 is 0 Å². The van der Waals surface area contributed by atoms with Crippen molar-refractivity contribution in [1.29, 1.82) is 0 Å². The Morgan fingerprint density at radius 3 is 2.67 bits per heavy atom. The van der Waals surface area contributed by atoms with Crippen LogP contribution in [0.15, 0.2) is 12.4 Å². The molecule has 0 spiro atoms. The van der Waals surface area contributed by atoms with Crippen LogP contribution in [0.1, 0.15) is 18.7 Å². The molecule has 2 fully saturated rings. The maximum atomic E-state index is 13.2. The molecular formula is C15H18F2N6O. The van der Waals surface area contributed by atoms with E-state index in [1.165, 1.54) is 0 Å². The summed E-state index contributed by atoms with van der Waals surface area (Å²) in [6.07, 6.45) is 3.00. The van der Waals surface area contributed by atoms with E-state index in [1.807, 2.05) is 16.2 Å². The van der Waals surface area contributed by atoms with Crippen LogP contribution >= 0.6 is 0 Å². The van der Waals surface area contributed by atoms with Crippen molar-refractivity contribution in [3.63, 3.8) is 0 Å². The van der Waals surface area contributed by atoms with Crippen LogP contribution in [0.4, 0.5) is 14.6 Å². The Morgan fingerprint density at radius 2 is 1.96 bits per heavy atom. The number of rotatable bonds is 2. The highest BCUT2D eigenvalue weighted by Gasteiger charge is 2.41. The number of likely N-dealkylation sites (tertiary alicyclic amines) is 1. The number of carbonyl (C=O) groups is 1. The lowest BCUT2D eigenvalue weighted by Crippen LogP contribution is -2.56. The van der Waals surface area contributed by atoms with E-state index in [-0.39, 0.29) is 37.8 Å². The van der Waals surface area contributed by atoms with E-state index in [0.29, 0.717) is 24.6 Å². The van der Waals surface area contributed by atoms with Gasteiger partial charge in [-0.15, -0.1) is 10.2 Å². The van der Waals surface area contributed by atoms with Gasteiger partial charge in [0.2, 0.25) is 11.6 Å². The third kappa shape index (κ3) is 2.47. The zero-order valence-electron chi connectivity index (χ0n) is 13.3. The van der Waals surface area contributed by atoms with E-state index in [1.54, 1.807) is 17.3 Å². The van der Waals surface area contributed by atoms with Gasteiger partial charge in [0.05, 0.1) is 5.92 Å². The van der Waals surface area contributed by atoms with Gasteiger partial charge in [0, 0.05) is 51.4 Å². The fourth-order valence-electron chi connectivity index (χ4n) is 3.27. The van der Waals surface area contributed by atoms with Gasteiger partial charge in [-0.1, -0.05) is 0 Å². The first-order valence-corrected chi connectivity index (χ1v) is 8.02. The number of anilines is 1. The van der Waals surface area contributed by atoms with Crippen LogP contribution in [0.5, 0.6) is 0 Å². The minimum absolute atomic E-state index is 0.0358. The Balaban J connectivity index is 1.42. The van der Waals surface area contributed by atoms with Crippen LogP contribution < -0.4 is 4.90 Å². The fraction of sp³-hybridized carbons (Fsp3) is 0.600. The third-order valence-electron chi connectivity index (χ3n) is 4.82. The van der Waals surface area contributed by atoms with Gasteiger partial charge in [0.25, 0.3) is 5.92 Å². The Morgan fingerprint density at radius 1 is 1.25 bits per heavy atom. The molecule has 2 saturated heterocycles. The molecule has 1 amide bonds. The number of nitrogens with zero attached hydrogens (tertiary/aromatic N) is 6. The van der Waals surface area contributed by atoms with Crippen LogP contribution in [-0.4, -0.2) is 62.5 Å². The SMILES string of the molecule is Cc1nnc2c(N3CC(C(=O)N4CCC(F)(F)CC4)C3)nccn12. The Kier molecular flexibility index (Phi) is 3.40. The molecule has 128 valence electrons. The number of amides is 1. The first-order valence-electron chi connectivity index (χ1n) is 8.02. The van der Waals surface area contributed by atoms with Crippen LogP contribution in [-0.2, 0) is 4.79 Å². The van der Waals surface area contributed by atoms with Gasteiger partial charge >= 0.3 is 0 Å². The Hall–Kier alpha value is -2.32. The van der Waals surface area contributed by atoms with Gasteiger partial charge < -0.3 is 9.80 Å². The molecule has 2 aromatic heterocycles. The standard InChI is InChI=1S/C15H18F2N6O/c1-10-19-20-13-12(18-4-7-23(10)13)22-8-11(9-22)14(24)21-5-2-15(16,17)3-6-21/h4,7,11H,2-3,5-6,8-9H2,1H3. The smallest absolute Gasteiger partial charge is 0.251 e. The first-order chi connectivity index (χ1) is 11.4. The van der Waals surface area contributed by atoms with Crippen molar-refractivity contribution in [2.75, 3.05) is 31.1 Å². The van der Waals surface area contributed by atoms with Crippen LogP contribution in [0.25, 0.3) is 5.65 Å². The van der Waals surface area contributed by atoms with Crippen molar-refractivity contribution in [1.82, 2.24) is 24.5 Å². The summed E-state index contributed by atoms with van der Waals surface area (Å²) in [7, 11) is 0. The second-order valence-electron chi connectivity index (χ2n) is 6.47. The summed E-state index contributed by atoms with van der Waals surface area (Å²) in [5.74, 6) is -1.36. The molecule has 2 aliphatic heterocycles. The average Bonchev–Trinajstić information content (AvgIpc) is 2.88. The number of aromatic nitrogens is 4. The zero-order valence-corrected chi connectivity index (χ0v) is 13.3. The lowest BCUT2D eigenvalue weighted by molar-refractivity contribution is -0.142. The number of hydrogen-bond acceptors (Lipinski definition) is 5. The lowest BCUT2D eigenvalue weighted by atomic mass is 9.96. The molecular weight excluding hydrogens is 318 g/mol. The molecule has 0 atom stereocenters. The van der Waals surface area contributed by atoms with E-state index in [0.717, 1.165) is 5.82 Å². The van der Waals surface area contributed by atoms with Crippen molar-refractivity contribution in [2.45, 2.75) is 25.7 Å². The van der Waals surface area contributed by atoms with Gasteiger partial charge in [-0.2, -0.15) is 0 Å². The summed E-state index contributed by atoms with van der Waals surface area (Å²) in [5, 5.41) is 8.17. The predicted molar refractivity (Wildman–Crippen MR) is 82.0 cm³/mol. The molecule has 4 heterocycles.